The molecule has 1 aromatic carbocycles. The van der Waals surface area contributed by atoms with Crippen LogP contribution in [-0.2, 0) is 4.79 Å². The van der Waals surface area contributed by atoms with Crippen molar-refractivity contribution < 1.29 is 23.9 Å². The van der Waals surface area contributed by atoms with Crippen LogP contribution in [-0.4, -0.2) is 54.1 Å². The molecule has 2 saturated heterocycles. The number of nitrogens with one attached hydrogen (secondary N) is 1. The molecule has 2 aliphatic rings. The van der Waals surface area contributed by atoms with Crippen LogP contribution in [0, 0.1) is 11.7 Å². The zero-order valence-corrected chi connectivity index (χ0v) is 14.4. The summed E-state index contributed by atoms with van der Waals surface area (Å²) in [5.74, 6) is -1.77. The van der Waals surface area contributed by atoms with Crippen LogP contribution >= 0.6 is 0 Å². The highest BCUT2D eigenvalue weighted by molar-refractivity contribution is 5.98. The topological polar surface area (TPSA) is 89.9 Å². The first-order valence-electron chi connectivity index (χ1n) is 8.81. The number of halogens is 1. The fraction of sp³-hybridized carbons (Fsp3) is 0.500. The summed E-state index contributed by atoms with van der Waals surface area (Å²) in [6.07, 6.45) is 2.22. The van der Waals surface area contributed by atoms with Crippen molar-refractivity contribution in [1.29, 1.82) is 0 Å². The number of hydrogen-bond donors (Lipinski definition) is 2. The molecule has 7 nitrogen and oxygen atoms in total. The van der Waals surface area contributed by atoms with E-state index in [1.54, 1.807) is 4.90 Å². The van der Waals surface area contributed by atoms with Gasteiger partial charge in [0, 0.05) is 38.3 Å². The fourth-order valence-electron chi connectivity index (χ4n) is 3.55. The quantitative estimate of drug-likeness (QED) is 0.838. The summed E-state index contributed by atoms with van der Waals surface area (Å²) in [5, 5.41) is 11.5. The molecule has 2 heterocycles. The predicted octanol–water partition coefficient (Wildman–Crippen LogP) is 2.07. The van der Waals surface area contributed by atoms with Gasteiger partial charge in [0.2, 0.25) is 0 Å². The van der Waals surface area contributed by atoms with Crippen molar-refractivity contribution in [3.05, 3.63) is 29.6 Å². The van der Waals surface area contributed by atoms with Crippen LogP contribution in [0.3, 0.4) is 0 Å². The number of carbonyl (C=O) groups is 3. The summed E-state index contributed by atoms with van der Waals surface area (Å²) in [6, 6.07) is 3.86. The van der Waals surface area contributed by atoms with Crippen LogP contribution in [0.1, 0.15) is 36.0 Å². The molecule has 0 radical (unpaired) electrons. The maximum atomic E-state index is 14.3. The van der Waals surface area contributed by atoms with Gasteiger partial charge in [0.05, 0.1) is 5.56 Å². The highest BCUT2D eigenvalue weighted by Crippen LogP contribution is 2.25. The van der Waals surface area contributed by atoms with Crippen LogP contribution in [0.5, 0.6) is 0 Å². The minimum atomic E-state index is -0.851. The third-order valence-corrected chi connectivity index (χ3v) is 4.92. The third kappa shape index (κ3) is 3.95. The van der Waals surface area contributed by atoms with Gasteiger partial charge in [0.25, 0.3) is 5.91 Å². The lowest BCUT2D eigenvalue weighted by Gasteiger charge is -2.33. The van der Waals surface area contributed by atoms with Crippen LogP contribution in [0.15, 0.2) is 18.2 Å². The van der Waals surface area contributed by atoms with Crippen molar-refractivity contribution in [2.75, 3.05) is 31.1 Å². The van der Waals surface area contributed by atoms with E-state index in [4.69, 9.17) is 5.11 Å². The number of anilines is 1. The molecule has 26 heavy (non-hydrogen) atoms. The molecule has 140 valence electrons. The van der Waals surface area contributed by atoms with Gasteiger partial charge in [0.15, 0.2) is 0 Å². The molecule has 1 aromatic rings. The molecule has 1 atom stereocenters. The smallest absolute Gasteiger partial charge is 0.321 e. The van der Waals surface area contributed by atoms with Gasteiger partial charge in [-0.1, -0.05) is 0 Å². The zero-order valence-electron chi connectivity index (χ0n) is 14.4. The van der Waals surface area contributed by atoms with Gasteiger partial charge in [-0.15, -0.1) is 0 Å². The van der Waals surface area contributed by atoms with Gasteiger partial charge < -0.3 is 15.3 Å². The van der Waals surface area contributed by atoms with E-state index in [0.717, 1.165) is 12.8 Å². The van der Waals surface area contributed by atoms with Gasteiger partial charge in [0.1, 0.15) is 5.82 Å². The first-order valence-corrected chi connectivity index (χ1v) is 8.81. The Morgan fingerprint density at radius 3 is 2.81 bits per heavy atom. The van der Waals surface area contributed by atoms with E-state index >= 15 is 0 Å². The second kappa shape index (κ2) is 7.72. The number of aliphatic carboxylic acids is 1. The van der Waals surface area contributed by atoms with E-state index < -0.39 is 17.7 Å². The molecule has 0 bridgehead atoms. The number of rotatable bonds is 5. The maximum Gasteiger partial charge on any atom is 0.321 e. The number of piperidine rings is 1. The molecule has 0 saturated carbocycles. The van der Waals surface area contributed by atoms with Gasteiger partial charge in [-0.25, -0.2) is 9.18 Å². The molecule has 2 N–H and O–H groups in total. The number of benzene rings is 1. The average Bonchev–Trinajstić information content (AvgIpc) is 3.06. The number of carbonyl (C=O) groups excluding carboxylic acids is 2. The van der Waals surface area contributed by atoms with Gasteiger partial charge in [-0.2, -0.15) is 0 Å². The van der Waals surface area contributed by atoms with Crippen molar-refractivity contribution >= 4 is 23.6 Å². The van der Waals surface area contributed by atoms with Crippen molar-refractivity contribution in [2.45, 2.75) is 25.7 Å². The summed E-state index contributed by atoms with van der Waals surface area (Å²) in [4.78, 5) is 38.4. The van der Waals surface area contributed by atoms with Gasteiger partial charge >= 0.3 is 12.0 Å². The van der Waals surface area contributed by atoms with Crippen molar-refractivity contribution in [3.8, 4) is 0 Å². The normalized spacial score (nSPS) is 20.2. The van der Waals surface area contributed by atoms with Gasteiger partial charge in [-0.3, -0.25) is 14.5 Å². The summed E-state index contributed by atoms with van der Waals surface area (Å²) in [5.41, 5.74) is 0.435. The number of likely N-dealkylation sites (tertiary alicyclic amines) is 1. The lowest BCUT2D eigenvalue weighted by Crippen LogP contribution is -2.40. The van der Waals surface area contributed by atoms with Crippen LogP contribution in [0.4, 0.5) is 14.9 Å². The Balaban J connectivity index is 1.74. The Bertz CT molecular complexity index is 724. The van der Waals surface area contributed by atoms with Crippen molar-refractivity contribution in [2.24, 2.45) is 5.92 Å². The highest BCUT2D eigenvalue weighted by Gasteiger charge is 2.28. The number of hydrogen-bond acceptors (Lipinski definition) is 3. The Labute approximate surface area is 150 Å². The maximum absolute atomic E-state index is 14.3. The second-order valence-corrected chi connectivity index (χ2v) is 6.74. The standard InChI is InChI=1S/C18H22FN3O4/c19-15-5-4-13(22-9-7-20-18(22)26)10-14(15)17(25)21-8-1-2-12(11-21)3-6-16(23)24/h4-5,10,12H,1-3,6-9,11H2,(H,20,26)(H,23,24). The zero-order chi connectivity index (χ0) is 18.7. The van der Waals surface area contributed by atoms with E-state index in [2.05, 4.69) is 5.32 Å². The average molecular weight is 363 g/mol. The first-order chi connectivity index (χ1) is 12.5. The third-order valence-electron chi connectivity index (χ3n) is 4.92. The Kier molecular flexibility index (Phi) is 5.39. The summed E-state index contributed by atoms with van der Waals surface area (Å²) in [6.45, 7) is 1.94. The molecule has 3 rings (SSSR count). The molecule has 0 aromatic heterocycles. The fourth-order valence-corrected chi connectivity index (χ4v) is 3.55. The molecule has 3 amide bonds. The number of nitrogens with zero attached hydrogens (tertiary/aromatic N) is 2. The van der Waals surface area contributed by atoms with Crippen LogP contribution < -0.4 is 10.2 Å². The number of carboxylic acid groups (broad SMARTS) is 1. The van der Waals surface area contributed by atoms with E-state index in [-0.39, 0.29) is 23.9 Å². The summed E-state index contributed by atoms with van der Waals surface area (Å²) >= 11 is 0. The van der Waals surface area contributed by atoms with E-state index in [1.165, 1.54) is 23.1 Å². The van der Waals surface area contributed by atoms with Crippen molar-refractivity contribution in [3.63, 3.8) is 0 Å². The molecular formula is C18H22FN3O4. The largest absolute Gasteiger partial charge is 0.481 e. The Morgan fingerprint density at radius 1 is 1.31 bits per heavy atom. The van der Waals surface area contributed by atoms with Gasteiger partial charge in [-0.05, 0) is 43.4 Å². The van der Waals surface area contributed by atoms with Crippen LogP contribution in [0.2, 0.25) is 0 Å². The number of urea groups is 1. The van der Waals surface area contributed by atoms with Crippen molar-refractivity contribution in [1.82, 2.24) is 10.2 Å². The summed E-state index contributed by atoms with van der Waals surface area (Å²) in [7, 11) is 0. The van der Waals surface area contributed by atoms with E-state index in [0.29, 0.717) is 38.3 Å². The molecule has 1 unspecified atom stereocenters. The molecule has 8 heteroatoms. The second-order valence-electron chi connectivity index (χ2n) is 6.74. The first kappa shape index (κ1) is 18.2. The highest BCUT2D eigenvalue weighted by atomic mass is 19.1. The van der Waals surface area contributed by atoms with E-state index in [1.807, 2.05) is 0 Å². The summed E-state index contributed by atoms with van der Waals surface area (Å²) < 4.78 is 14.3. The minimum absolute atomic E-state index is 0.0546. The molecule has 0 spiro atoms. The number of amides is 3. The molecule has 2 fully saturated rings. The SMILES string of the molecule is O=C(O)CCC1CCCN(C(=O)c2cc(N3CCNC3=O)ccc2F)C1. The predicted molar refractivity (Wildman–Crippen MR) is 92.6 cm³/mol. The monoisotopic (exact) mass is 363 g/mol. The van der Waals surface area contributed by atoms with E-state index in [9.17, 15) is 18.8 Å². The van der Waals surface area contributed by atoms with Crippen LogP contribution in [0.25, 0.3) is 0 Å². The lowest BCUT2D eigenvalue weighted by molar-refractivity contribution is -0.137. The molecule has 2 aliphatic heterocycles. The molecule has 0 aliphatic carbocycles. The molecular weight excluding hydrogens is 341 g/mol. The Morgan fingerprint density at radius 2 is 2.12 bits per heavy atom. The lowest BCUT2D eigenvalue weighted by atomic mass is 9.93. The Hall–Kier alpha value is -2.64. The number of carboxylic acids is 1. The minimum Gasteiger partial charge on any atom is -0.481 e.